The third-order valence-corrected chi connectivity index (χ3v) is 12.3. The zero-order valence-corrected chi connectivity index (χ0v) is 33.0. The van der Waals surface area contributed by atoms with E-state index in [2.05, 4.69) is 20.8 Å². The third kappa shape index (κ3) is 10.2. The van der Waals surface area contributed by atoms with Crippen molar-refractivity contribution in [3.8, 4) is 5.75 Å². The third-order valence-electron chi connectivity index (χ3n) is 12.3. The Morgan fingerprint density at radius 3 is 2.29 bits per heavy atom. The van der Waals surface area contributed by atoms with Crippen LogP contribution < -0.4 is 4.74 Å². The van der Waals surface area contributed by atoms with Gasteiger partial charge in [-0.15, -0.1) is 0 Å². The summed E-state index contributed by atoms with van der Waals surface area (Å²) >= 11 is 0. The first-order valence-electron chi connectivity index (χ1n) is 19.9. The predicted octanol–water partition coefficient (Wildman–Crippen LogP) is 8.40. The fourth-order valence-corrected chi connectivity index (χ4v) is 8.60. The lowest BCUT2D eigenvalue weighted by Crippen LogP contribution is -2.55. The number of carbonyl (C=O) groups is 3. The molecule has 2 aliphatic heterocycles. The Morgan fingerprint density at radius 2 is 1.71 bits per heavy atom. The maximum Gasteiger partial charge on any atom is 0.339 e. The standard InChI is InChI=1S/C42H68O9/c1-10-14-15-16-17-18-34(43)50-39-27(6)20-22-31(35(39)40(46)47)21-19-26(5)36(44)29(8)37(45)32(11-2)38-28(7)25-42(13-4,51-38)33-23-24-41(48,12-3)30(9)49-33/h20,22,26,28-30,32-33,36,38,44,48H,10-19,21,23-25H2,1-9H3,(H,46,47)/t26-,28+,29+,30+,32+,33-,36+,38+,41-,42+/m1/s1. The Balaban J connectivity index is 1.67. The van der Waals surface area contributed by atoms with Crippen LogP contribution in [-0.2, 0) is 25.5 Å². The summed E-state index contributed by atoms with van der Waals surface area (Å²) in [5.41, 5.74) is -0.280. The Labute approximate surface area is 307 Å². The van der Waals surface area contributed by atoms with Crippen molar-refractivity contribution < 1.29 is 43.9 Å². The van der Waals surface area contributed by atoms with Gasteiger partial charge in [-0.2, -0.15) is 0 Å². The second-order valence-electron chi connectivity index (χ2n) is 15.8. The SMILES string of the molecule is CCCCCCCC(=O)Oc1c(C)ccc(CC[C@@H](C)[C@H](O)[C@H](C)C(=O)[C@H](CC)[C@H]2O[C@](CC)([C@H]3CC[C@](O)(CC)[C@H](C)O3)C[C@@H]2C)c1C(=O)O. The average Bonchev–Trinajstić information content (AvgIpc) is 3.45. The van der Waals surface area contributed by atoms with E-state index < -0.39 is 41.1 Å². The number of aryl methyl sites for hydroxylation is 2. The lowest BCUT2D eigenvalue weighted by molar-refractivity contribution is -0.229. The van der Waals surface area contributed by atoms with Crippen LogP contribution in [0.4, 0.5) is 0 Å². The molecular weight excluding hydrogens is 648 g/mol. The number of carboxylic acid groups (broad SMARTS) is 1. The van der Waals surface area contributed by atoms with Gasteiger partial charge in [-0.25, -0.2) is 4.79 Å². The van der Waals surface area contributed by atoms with Crippen LogP contribution in [0.2, 0.25) is 0 Å². The molecule has 2 aliphatic rings. The van der Waals surface area contributed by atoms with Crippen LogP contribution >= 0.6 is 0 Å². The summed E-state index contributed by atoms with van der Waals surface area (Å²) < 4.78 is 19.0. The van der Waals surface area contributed by atoms with Gasteiger partial charge in [0.25, 0.3) is 0 Å². The Bertz CT molecular complexity index is 1310. The molecule has 0 aromatic heterocycles. The number of aliphatic hydroxyl groups excluding tert-OH is 1. The number of carbonyl (C=O) groups excluding carboxylic acids is 2. The van der Waals surface area contributed by atoms with Crippen molar-refractivity contribution in [2.45, 2.75) is 188 Å². The first-order chi connectivity index (χ1) is 24.1. The summed E-state index contributed by atoms with van der Waals surface area (Å²) in [7, 11) is 0. The number of rotatable bonds is 20. The van der Waals surface area contributed by atoms with Crippen LogP contribution in [0, 0.1) is 30.6 Å². The van der Waals surface area contributed by atoms with Crippen molar-refractivity contribution >= 4 is 17.7 Å². The highest BCUT2D eigenvalue weighted by Gasteiger charge is 2.55. The van der Waals surface area contributed by atoms with E-state index in [0.717, 1.165) is 38.5 Å². The molecule has 0 spiro atoms. The predicted molar refractivity (Wildman–Crippen MR) is 199 cm³/mol. The van der Waals surface area contributed by atoms with E-state index in [0.29, 0.717) is 56.1 Å². The van der Waals surface area contributed by atoms with Gasteiger partial charge in [-0.1, -0.05) is 86.3 Å². The first-order valence-corrected chi connectivity index (χ1v) is 19.9. The number of hydrogen-bond donors (Lipinski definition) is 3. The monoisotopic (exact) mass is 716 g/mol. The highest BCUT2D eigenvalue weighted by molar-refractivity contribution is 5.94. The average molecular weight is 717 g/mol. The summed E-state index contributed by atoms with van der Waals surface area (Å²) in [4.78, 5) is 39.2. The molecule has 0 amide bonds. The molecule has 0 saturated carbocycles. The lowest BCUT2D eigenvalue weighted by Gasteiger charge is -2.47. The topological polar surface area (TPSA) is 140 Å². The molecule has 51 heavy (non-hydrogen) atoms. The van der Waals surface area contributed by atoms with Crippen molar-refractivity contribution in [1.82, 2.24) is 0 Å². The lowest BCUT2D eigenvalue weighted by atomic mass is 9.76. The Morgan fingerprint density at radius 1 is 1.02 bits per heavy atom. The van der Waals surface area contributed by atoms with E-state index in [1.165, 1.54) is 0 Å². The molecule has 1 aromatic rings. The number of aliphatic hydroxyl groups is 2. The molecule has 0 unspecified atom stereocenters. The molecule has 2 heterocycles. The molecule has 9 nitrogen and oxygen atoms in total. The summed E-state index contributed by atoms with van der Waals surface area (Å²) in [6.45, 7) is 17.7. The number of Topliss-reactive ketones (excluding diaryl/α,β-unsaturated/α-hetero) is 1. The first kappa shape index (κ1) is 43.1. The van der Waals surface area contributed by atoms with Gasteiger partial charge < -0.3 is 29.5 Å². The van der Waals surface area contributed by atoms with E-state index in [-0.39, 0.29) is 53.7 Å². The number of carboxylic acids is 1. The van der Waals surface area contributed by atoms with Gasteiger partial charge in [-0.05, 0) is 94.6 Å². The van der Waals surface area contributed by atoms with Gasteiger partial charge in [0.1, 0.15) is 17.1 Å². The van der Waals surface area contributed by atoms with Crippen LogP contribution in [0.5, 0.6) is 5.75 Å². The van der Waals surface area contributed by atoms with Crippen molar-refractivity contribution in [3.05, 3.63) is 28.8 Å². The van der Waals surface area contributed by atoms with E-state index in [1.807, 2.05) is 27.7 Å². The molecule has 2 saturated heterocycles. The fraction of sp³-hybridized carbons (Fsp3) is 0.786. The number of ether oxygens (including phenoxy) is 3. The highest BCUT2D eigenvalue weighted by atomic mass is 16.6. The number of aromatic carboxylic acids is 1. The summed E-state index contributed by atoms with van der Waals surface area (Å²) in [6, 6.07) is 3.52. The minimum absolute atomic E-state index is 0.0197. The van der Waals surface area contributed by atoms with Crippen LogP contribution in [-0.4, -0.2) is 68.7 Å². The van der Waals surface area contributed by atoms with E-state index in [9.17, 15) is 29.7 Å². The molecule has 0 aliphatic carbocycles. The molecular formula is C42H68O9. The van der Waals surface area contributed by atoms with Gasteiger partial charge in [0, 0.05) is 18.3 Å². The van der Waals surface area contributed by atoms with E-state index in [4.69, 9.17) is 14.2 Å². The molecule has 2 fully saturated rings. The molecule has 3 rings (SSSR count). The van der Waals surface area contributed by atoms with E-state index in [1.54, 1.807) is 26.0 Å². The number of hydrogen-bond acceptors (Lipinski definition) is 8. The van der Waals surface area contributed by atoms with Gasteiger partial charge >= 0.3 is 11.9 Å². The Hall–Kier alpha value is -2.33. The molecule has 9 heteroatoms. The largest absolute Gasteiger partial charge is 0.478 e. The minimum Gasteiger partial charge on any atom is -0.478 e. The molecule has 290 valence electrons. The van der Waals surface area contributed by atoms with Crippen LogP contribution in [0.15, 0.2) is 12.1 Å². The second-order valence-corrected chi connectivity index (χ2v) is 15.8. The van der Waals surface area contributed by atoms with Gasteiger partial charge in [0.05, 0.1) is 35.6 Å². The number of esters is 1. The number of unbranched alkanes of at least 4 members (excludes halogenated alkanes) is 4. The van der Waals surface area contributed by atoms with Crippen LogP contribution in [0.25, 0.3) is 0 Å². The summed E-state index contributed by atoms with van der Waals surface area (Å²) in [5, 5.41) is 32.6. The number of benzene rings is 1. The molecule has 0 bridgehead atoms. The minimum atomic E-state index is -1.16. The second kappa shape index (κ2) is 19.1. The van der Waals surface area contributed by atoms with Crippen molar-refractivity contribution in [2.24, 2.45) is 23.7 Å². The van der Waals surface area contributed by atoms with Crippen molar-refractivity contribution in [3.63, 3.8) is 0 Å². The Kier molecular flexibility index (Phi) is 16.2. The molecule has 1 aromatic carbocycles. The maximum absolute atomic E-state index is 14.1. The molecule has 0 radical (unpaired) electrons. The normalized spacial score (nSPS) is 28.9. The van der Waals surface area contributed by atoms with Crippen molar-refractivity contribution in [2.75, 3.05) is 0 Å². The molecule has 3 N–H and O–H groups in total. The zero-order valence-electron chi connectivity index (χ0n) is 33.0. The van der Waals surface area contributed by atoms with Crippen molar-refractivity contribution in [1.29, 1.82) is 0 Å². The van der Waals surface area contributed by atoms with Crippen LogP contribution in [0.1, 0.15) is 160 Å². The molecule has 10 atom stereocenters. The zero-order chi connectivity index (χ0) is 38.1. The van der Waals surface area contributed by atoms with Gasteiger partial charge in [-0.3, -0.25) is 9.59 Å². The van der Waals surface area contributed by atoms with Gasteiger partial charge in [0.15, 0.2) is 0 Å². The van der Waals surface area contributed by atoms with Crippen LogP contribution in [0.3, 0.4) is 0 Å². The summed E-state index contributed by atoms with van der Waals surface area (Å²) in [6.07, 6.45) is 8.32. The maximum atomic E-state index is 14.1. The quantitative estimate of drug-likeness (QED) is 0.0690. The van der Waals surface area contributed by atoms with Gasteiger partial charge in [0.2, 0.25) is 0 Å². The van der Waals surface area contributed by atoms with E-state index >= 15 is 0 Å². The smallest absolute Gasteiger partial charge is 0.339 e. The number of ketones is 1. The fourth-order valence-electron chi connectivity index (χ4n) is 8.60. The highest BCUT2D eigenvalue weighted by Crippen LogP contribution is 2.48. The summed E-state index contributed by atoms with van der Waals surface area (Å²) in [5.74, 6) is -2.75.